The monoisotopic (exact) mass is 311 g/mol. The summed E-state index contributed by atoms with van der Waals surface area (Å²) in [4.78, 5) is 0. The summed E-state index contributed by atoms with van der Waals surface area (Å²) in [6.07, 6.45) is 2.35. The van der Waals surface area contributed by atoms with E-state index in [9.17, 15) is 0 Å². The topological polar surface area (TPSA) is 30.5 Å². The fourth-order valence-corrected chi connectivity index (χ4v) is 3.85. The second-order valence-corrected chi connectivity index (χ2v) is 5.88. The molecule has 2 aliphatic rings. The van der Waals surface area contributed by atoms with Gasteiger partial charge in [0.15, 0.2) is 11.5 Å². The van der Waals surface area contributed by atoms with E-state index in [4.69, 9.17) is 9.47 Å². The van der Waals surface area contributed by atoms with Gasteiger partial charge in [0, 0.05) is 16.1 Å². The van der Waals surface area contributed by atoms with Gasteiger partial charge >= 0.3 is 0 Å². The molecule has 0 amide bonds. The lowest BCUT2D eigenvalue weighted by atomic mass is 9.80. The first kappa shape index (κ1) is 12.3. The second-order valence-electron chi connectivity index (χ2n) is 5.03. The molecule has 0 saturated carbocycles. The molecule has 18 heavy (non-hydrogen) atoms. The molecule has 1 aromatic carbocycles. The number of halogens is 1. The van der Waals surface area contributed by atoms with Gasteiger partial charge < -0.3 is 14.8 Å². The molecule has 3 rings (SSSR count). The Morgan fingerprint density at radius 3 is 2.78 bits per heavy atom. The average molecular weight is 312 g/mol. The molecule has 1 aromatic rings. The molecule has 2 atom stereocenters. The van der Waals surface area contributed by atoms with Crippen molar-refractivity contribution < 1.29 is 9.47 Å². The van der Waals surface area contributed by atoms with Crippen LogP contribution >= 0.6 is 15.9 Å². The number of benzene rings is 1. The lowest BCUT2D eigenvalue weighted by Gasteiger charge is -2.34. The molecular weight excluding hydrogens is 294 g/mol. The summed E-state index contributed by atoms with van der Waals surface area (Å²) in [5.74, 6) is 2.39. The maximum atomic E-state index is 5.87. The highest BCUT2D eigenvalue weighted by atomic mass is 79.9. The first-order valence-electron chi connectivity index (χ1n) is 6.51. The van der Waals surface area contributed by atoms with E-state index >= 15 is 0 Å². The number of hydrogen-bond donors (Lipinski definition) is 1. The van der Waals surface area contributed by atoms with Gasteiger partial charge in [0.05, 0.1) is 0 Å². The van der Waals surface area contributed by atoms with Crippen LogP contribution in [0.15, 0.2) is 10.5 Å². The van der Waals surface area contributed by atoms with Crippen LogP contribution in [-0.4, -0.2) is 20.3 Å². The van der Waals surface area contributed by atoms with Crippen LogP contribution in [0.3, 0.4) is 0 Å². The van der Waals surface area contributed by atoms with Gasteiger partial charge in [-0.1, -0.05) is 22.9 Å². The van der Waals surface area contributed by atoms with Crippen LogP contribution in [0.25, 0.3) is 0 Å². The summed E-state index contributed by atoms with van der Waals surface area (Å²) in [6.45, 7) is 3.56. The van der Waals surface area contributed by atoms with Crippen LogP contribution in [0.4, 0.5) is 0 Å². The van der Waals surface area contributed by atoms with Crippen molar-refractivity contribution in [1.82, 2.24) is 5.32 Å². The van der Waals surface area contributed by atoms with E-state index in [1.165, 1.54) is 17.5 Å². The van der Waals surface area contributed by atoms with E-state index in [1.54, 1.807) is 0 Å². The van der Waals surface area contributed by atoms with E-state index in [2.05, 4.69) is 34.2 Å². The quantitative estimate of drug-likeness (QED) is 0.862. The van der Waals surface area contributed by atoms with Gasteiger partial charge in [0.25, 0.3) is 0 Å². The zero-order valence-corrected chi connectivity index (χ0v) is 12.3. The molecule has 4 heteroatoms. The van der Waals surface area contributed by atoms with Crippen molar-refractivity contribution in [3.05, 3.63) is 21.7 Å². The minimum Gasteiger partial charge on any atom is -0.486 e. The Hall–Kier alpha value is -0.740. The van der Waals surface area contributed by atoms with E-state index in [0.717, 1.165) is 22.4 Å². The van der Waals surface area contributed by atoms with Crippen LogP contribution in [-0.2, 0) is 0 Å². The SMILES string of the molecule is CNC1CCC(C)c2c(Br)cc3c(c21)OCCO3. The molecule has 2 unspecified atom stereocenters. The summed E-state index contributed by atoms with van der Waals surface area (Å²) in [5, 5.41) is 3.40. The minimum absolute atomic E-state index is 0.365. The van der Waals surface area contributed by atoms with Crippen molar-refractivity contribution in [3.63, 3.8) is 0 Å². The maximum Gasteiger partial charge on any atom is 0.166 e. The Balaban J connectivity index is 2.22. The Labute approximate surface area is 116 Å². The van der Waals surface area contributed by atoms with Crippen molar-refractivity contribution in [2.24, 2.45) is 0 Å². The third kappa shape index (κ3) is 1.82. The summed E-state index contributed by atoms with van der Waals surface area (Å²) in [5.41, 5.74) is 2.67. The first-order valence-corrected chi connectivity index (χ1v) is 7.30. The zero-order valence-electron chi connectivity index (χ0n) is 10.8. The molecule has 1 aliphatic heterocycles. The van der Waals surface area contributed by atoms with Crippen LogP contribution in [0.5, 0.6) is 11.5 Å². The normalized spacial score (nSPS) is 25.7. The van der Waals surface area contributed by atoms with Gasteiger partial charge in [0.2, 0.25) is 0 Å². The largest absolute Gasteiger partial charge is 0.486 e. The molecule has 0 aromatic heterocycles. The van der Waals surface area contributed by atoms with Crippen molar-refractivity contribution in [3.8, 4) is 11.5 Å². The molecule has 98 valence electrons. The van der Waals surface area contributed by atoms with Crippen molar-refractivity contribution in [1.29, 1.82) is 0 Å². The molecule has 0 bridgehead atoms. The van der Waals surface area contributed by atoms with Crippen LogP contribution < -0.4 is 14.8 Å². The molecule has 0 saturated heterocycles. The molecular formula is C14H18BrNO2. The highest BCUT2D eigenvalue weighted by Crippen LogP contribution is 2.50. The summed E-state index contributed by atoms with van der Waals surface area (Å²) >= 11 is 3.69. The van der Waals surface area contributed by atoms with Gasteiger partial charge in [-0.3, -0.25) is 0 Å². The average Bonchev–Trinajstić information content (AvgIpc) is 2.39. The van der Waals surface area contributed by atoms with Gasteiger partial charge in [0.1, 0.15) is 13.2 Å². The van der Waals surface area contributed by atoms with Crippen LogP contribution in [0.2, 0.25) is 0 Å². The number of ether oxygens (including phenoxy) is 2. The van der Waals surface area contributed by atoms with Crippen molar-refractivity contribution in [2.75, 3.05) is 20.3 Å². The second kappa shape index (κ2) is 4.74. The Kier molecular flexibility index (Phi) is 3.24. The molecule has 1 aliphatic carbocycles. The molecule has 1 heterocycles. The number of nitrogens with one attached hydrogen (secondary N) is 1. The molecule has 0 spiro atoms. The fraction of sp³-hybridized carbons (Fsp3) is 0.571. The summed E-state index contributed by atoms with van der Waals surface area (Å²) < 4.78 is 12.7. The number of hydrogen-bond acceptors (Lipinski definition) is 3. The smallest absolute Gasteiger partial charge is 0.166 e. The Morgan fingerprint density at radius 1 is 1.22 bits per heavy atom. The van der Waals surface area contributed by atoms with Crippen molar-refractivity contribution >= 4 is 15.9 Å². The third-order valence-corrected chi connectivity index (χ3v) is 4.60. The Morgan fingerprint density at radius 2 is 2.00 bits per heavy atom. The van der Waals surface area contributed by atoms with E-state index in [1.807, 2.05) is 7.05 Å². The highest BCUT2D eigenvalue weighted by molar-refractivity contribution is 9.10. The molecule has 0 fully saturated rings. The lowest BCUT2D eigenvalue weighted by Crippen LogP contribution is -2.26. The van der Waals surface area contributed by atoms with Crippen LogP contribution in [0, 0.1) is 0 Å². The van der Waals surface area contributed by atoms with Gasteiger partial charge in [-0.15, -0.1) is 0 Å². The van der Waals surface area contributed by atoms with Crippen LogP contribution in [0.1, 0.15) is 42.9 Å². The third-order valence-electron chi connectivity index (χ3n) is 3.94. The summed E-state index contributed by atoms with van der Waals surface area (Å²) in [7, 11) is 2.02. The predicted octanol–water partition coefficient (Wildman–Crippen LogP) is 3.38. The predicted molar refractivity (Wildman–Crippen MR) is 74.6 cm³/mol. The zero-order chi connectivity index (χ0) is 12.7. The van der Waals surface area contributed by atoms with E-state index in [-0.39, 0.29) is 0 Å². The number of fused-ring (bicyclic) bond motifs is 3. The van der Waals surface area contributed by atoms with Gasteiger partial charge in [-0.2, -0.15) is 0 Å². The van der Waals surface area contributed by atoms with E-state index in [0.29, 0.717) is 25.2 Å². The highest BCUT2D eigenvalue weighted by Gasteiger charge is 2.32. The van der Waals surface area contributed by atoms with Crippen molar-refractivity contribution in [2.45, 2.75) is 31.7 Å². The first-order chi connectivity index (χ1) is 8.72. The van der Waals surface area contributed by atoms with Gasteiger partial charge in [-0.25, -0.2) is 0 Å². The minimum atomic E-state index is 0.365. The van der Waals surface area contributed by atoms with E-state index < -0.39 is 0 Å². The number of rotatable bonds is 1. The standard InChI is InChI=1S/C14H18BrNO2/c1-8-3-4-10(16-2)13-12(8)9(15)7-11-14(13)18-6-5-17-11/h7-8,10,16H,3-6H2,1-2H3. The molecule has 0 radical (unpaired) electrons. The molecule has 1 N–H and O–H groups in total. The summed E-state index contributed by atoms with van der Waals surface area (Å²) in [6, 6.07) is 2.42. The fourth-order valence-electron chi connectivity index (χ4n) is 3.03. The van der Waals surface area contributed by atoms with Gasteiger partial charge in [-0.05, 0) is 37.4 Å². The molecule has 3 nitrogen and oxygen atoms in total. The Bertz CT molecular complexity index is 475. The lowest BCUT2D eigenvalue weighted by molar-refractivity contribution is 0.167. The maximum absolute atomic E-state index is 5.87.